The molecule has 4 aromatic rings. The van der Waals surface area contributed by atoms with E-state index in [1.165, 1.54) is 12.1 Å². The molecule has 37 heavy (non-hydrogen) atoms. The van der Waals surface area contributed by atoms with Gasteiger partial charge in [-0.2, -0.15) is 13.2 Å². The van der Waals surface area contributed by atoms with Gasteiger partial charge in [0.1, 0.15) is 11.6 Å². The van der Waals surface area contributed by atoms with Crippen molar-refractivity contribution in [3.05, 3.63) is 72.3 Å². The zero-order chi connectivity index (χ0) is 25.7. The molecule has 1 atom stereocenters. The SMILES string of the molecule is O=C(C1CC1)N1CC[C@@H](Cn2c(-c3ccc(-c4cccc(O)c4)cc3)nc3ccc(C(F)(F)F)cc32)C1. The van der Waals surface area contributed by atoms with Crippen molar-refractivity contribution in [1.82, 2.24) is 14.5 Å². The van der Waals surface area contributed by atoms with Gasteiger partial charge in [-0.3, -0.25) is 4.79 Å². The Bertz CT molecular complexity index is 1470. The number of nitrogens with zero attached hydrogens (tertiary/aromatic N) is 3. The second-order valence-corrected chi connectivity index (χ2v) is 10.1. The van der Waals surface area contributed by atoms with E-state index in [9.17, 15) is 23.1 Å². The van der Waals surface area contributed by atoms with Gasteiger partial charge in [-0.25, -0.2) is 4.98 Å². The number of benzene rings is 3. The molecule has 1 aliphatic carbocycles. The Morgan fingerprint density at radius 2 is 1.70 bits per heavy atom. The van der Waals surface area contributed by atoms with E-state index >= 15 is 0 Å². The monoisotopic (exact) mass is 505 g/mol. The molecule has 0 spiro atoms. The van der Waals surface area contributed by atoms with Gasteiger partial charge in [-0.05, 0) is 66.6 Å². The Morgan fingerprint density at radius 1 is 0.946 bits per heavy atom. The predicted molar refractivity (Wildman–Crippen MR) is 135 cm³/mol. The standard InChI is InChI=1S/C29H26F3N3O2/c30-29(31,32)23-10-11-25-26(15-23)35(17-18-12-13-34(16-18)28(37)21-8-9-21)27(33-25)20-6-4-19(5-7-20)22-2-1-3-24(36)14-22/h1-7,10-11,14-15,18,21,36H,8-9,12-13,16-17H2/t18-/m1/s1. The zero-order valence-corrected chi connectivity index (χ0v) is 20.1. The van der Waals surface area contributed by atoms with Gasteiger partial charge in [0.2, 0.25) is 5.91 Å². The van der Waals surface area contributed by atoms with Crippen molar-refractivity contribution in [2.75, 3.05) is 13.1 Å². The number of hydrogen-bond donors (Lipinski definition) is 1. The number of phenols is 1. The smallest absolute Gasteiger partial charge is 0.416 e. The van der Waals surface area contributed by atoms with Gasteiger partial charge in [-0.1, -0.05) is 36.4 Å². The highest BCUT2D eigenvalue weighted by Gasteiger charge is 2.37. The number of fused-ring (bicyclic) bond motifs is 1. The normalized spacial score (nSPS) is 18.0. The average molecular weight is 506 g/mol. The summed E-state index contributed by atoms with van der Waals surface area (Å²) < 4.78 is 42.5. The molecule has 6 rings (SSSR count). The van der Waals surface area contributed by atoms with Gasteiger partial charge in [-0.15, -0.1) is 0 Å². The number of rotatable bonds is 5. The average Bonchev–Trinajstić information content (AvgIpc) is 3.53. The van der Waals surface area contributed by atoms with Crippen LogP contribution in [0, 0.1) is 11.8 Å². The molecule has 5 nitrogen and oxygen atoms in total. The Balaban J connectivity index is 1.36. The number of carbonyl (C=O) groups is 1. The Labute approximate surface area is 212 Å². The molecule has 2 heterocycles. The molecule has 0 radical (unpaired) electrons. The van der Waals surface area contributed by atoms with Gasteiger partial charge >= 0.3 is 6.18 Å². The van der Waals surface area contributed by atoms with Crippen LogP contribution in [-0.4, -0.2) is 38.6 Å². The lowest BCUT2D eigenvalue weighted by Gasteiger charge is -2.18. The number of aromatic hydroxyl groups is 1. The number of amides is 1. The van der Waals surface area contributed by atoms with Gasteiger partial charge in [0.15, 0.2) is 0 Å². The molecule has 0 bridgehead atoms. The van der Waals surface area contributed by atoms with Crippen molar-refractivity contribution in [2.45, 2.75) is 32.0 Å². The van der Waals surface area contributed by atoms with Crippen LogP contribution in [0.5, 0.6) is 5.75 Å². The van der Waals surface area contributed by atoms with Crippen LogP contribution in [0.3, 0.4) is 0 Å². The third-order valence-electron chi connectivity index (χ3n) is 7.36. The molecule has 8 heteroatoms. The first-order valence-electron chi connectivity index (χ1n) is 12.5. The number of likely N-dealkylation sites (tertiary alicyclic amines) is 1. The molecular formula is C29H26F3N3O2. The van der Waals surface area contributed by atoms with E-state index in [1.54, 1.807) is 18.2 Å². The van der Waals surface area contributed by atoms with E-state index in [2.05, 4.69) is 0 Å². The minimum atomic E-state index is -4.45. The highest BCUT2D eigenvalue weighted by Crippen LogP contribution is 2.36. The first kappa shape index (κ1) is 23.6. The molecule has 0 unspecified atom stereocenters. The summed E-state index contributed by atoms with van der Waals surface area (Å²) in [6.07, 6.45) is -1.73. The zero-order valence-electron chi connectivity index (χ0n) is 20.1. The summed E-state index contributed by atoms with van der Waals surface area (Å²) in [5.74, 6) is 1.28. The van der Waals surface area contributed by atoms with Crippen LogP contribution in [0.1, 0.15) is 24.8 Å². The summed E-state index contributed by atoms with van der Waals surface area (Å²) in [5.41, 5.74) is 2.80. The molecule has 1 saturated heterocycles. The maximum Gasteiger partial charge on any atom is 0.416 e. The second kappa shape index (κ2) is 8.94. The van der Waals surface area contributed by atoms with Gasteiger partial charge in [0.05, 0.1) is 16.6 Å². The molecule has 1 N–H and O–H groups in total. The number of halogens is 3. The fourth-order valence-electron chi connectivity index (χ4n) is 5.23. The van der Waals surface area contributed by atoms with Crippen LogP contribution >= 0.6 is 0 Å². The fraction of sp³-hybridized carbons (Fsp3) is 0.310. The summed E-state index contributed by atoms with van der Waals surface area (Å²) >= 11 is 0. The molecule has 1 aliphatic heterocycles. The third kappa shape index (κ3) is 4.68. The largest absolute Gasteiger partial charge is 0.508 e. The van der Waals surface area contributed by atoms with Crippen molar-refractivity contribution in [3.63, 3.8) is 0 Å². The van der Waals surface area contributed by atoms with E-state index in [-0.39, 0.29) is 23.5 Å². The minimum absolute atomic E-state index is 0.139. The Morgan fingerprint density at radius 3 is 2.41 bits per heavy atom. The third-order valence-corrected chi connectivity index (χ3v) is 7.36. The summed E-state index contributed by atoms with van der Waals surface area (Å²) in [7, 11) is 0. The minimum Gasteiger partial charge on any atom is -0.508 e. The fourth-order valence-corrected chi connectivity index (χ4v) is 5.23. The molecule has 1 saturated carbocycles. The quantitative estimate of drug-likeness (QED) is 0.344. The van der Waals surface area contributed by atoms with E-state index in [4.69, 9.17) is 4.98 Å². The van der Waals surface area contributed by atoms with Crippen molar-refractivity contribution >= 4 is 16.9 Å². The Kier molecular flexibility index (Phi) is 5.70. The molecule has 3 aromatic carbocycles. The number of phenolic OH excluding ortho intramolecular Hbond substituents is 1. The maximum atomic E-state index is 13.5. The molecular weight excluding hydrogens is 479 g/mol. The summed E-state index contributed by atoms with van der Waals surface area (Å²) in [4.78, 5) is 19.2. The topological polar surface area (TPSA) is 58.4 Å². The van der Waals surface area contributed by atoms with Crippen LogP contribution in [0.2, 0.25) is 0 Å². The van der Waals surface area contributed by atoms with Crippen LogP contribution in [0.15, 0.2) is 66.7 Å². The van der Waals surface area contributed by atoms with Crippen molar-refractivity contribution in [1.29, 1.82) is 0 Å². The molecule has 2 aliphatic rings. The number of hydrogen-bond acceptors (Lipinski definition) is 3. The predicted octanol–water partition coefficient (Wildman–Crippen LogP) is 6.35. The van der Waals surface area contributed by atoms with E-state index in [1.807, 2.05) is 39.8 Å². The number of aromatic nitrogens is 2. The van der Waals surface area contributed by atoms with Crippen LogP contribution in [0.25, 0.3) is 33.5 Å². The molecule has 190 valence electrons. The van der Waals surface area contributed by atoms with Gasteiger partial charge in [0, 0.05) is 31.1 Å². The van der Waals surface area contributed by atoms with Crippen LogP contribution < -0.4 is 0 Å². The Hall–Kier alpha value is -3.81. The van der Waals surface area contributed by atoms with E-state index in [0.29, 0.717) is 36.5 Å². The molecule has 1 aromatic heterocycles. The first-order chi connectivity index (χ1) is 17.8. The van der Waals surface area contributed by atoms with Crippen molar-refractivity contribution in [2.24, 2.45) is 11.8 Å². The summed E-state index contributed by atoms with van der Waals surface area (Å²) in [6.45, 7) is 1.79. The highest BCUT2D eigenvalue weighted by atomic mass is 19.4. The highest BCUT2D eigenvalue weighted by molar-refractivity contribution is 5.82. The van der Waals surface area contributed by atoms with Crippen molar-refractivity contribution < 1.29 is 23.1 Å². The van der Waals surface area contributed by atoms with E-state index < -0.39 is 11.7 Å². The summed E-state index contributed by atoms with van der Waals surface area (Å²) in [5, 5.41) is 9.81. The number of imidazole rings is 1. The lowest BCUT2D eigenvalue weighted by molar-refractivity contribution is -0.137. The second-order valence-electron chi connectivity index (χ2n) is 10.1. The number of carbonyl (C=O) groups excluding carboxylic acids is 1. The van der Waals surface area contributed by atoms with E-state index in [0.717, 1.165) is 42.0 Å². The summed E-state index contributed by atoms with van der Waals surface area (Å²) in [6, 6.07) is 18.3. The van der Waals surface area contributed by atoms with Crippen LogP contribution in [0.4, 0.5) is 13.2 Å². The molecule has 1 amide bonds. The lowest BCUT2D eigenvalue weighted by atomic mass is 10.0. The van der Waals surface area contributed by atoms with Crippen molar-refractivity contribution in [3.8, 4) is 28.3 Å². The van der Waals surface area contributed by atoms with Gasteiger partial charge < -0.3 is 14.6 Å². The number of alkyl halides is 3. The molecule has 2 fully saturated rings. The maximum absolute atomic E-state index is 13.5. The first-order valence-corrected chi connectivity index (χ1v) is 12.5. The van der Waals surface area contributed by atoms with Crippen LogP contribution in [-0.2, 0) is 17.5 Å². The lowest BCUT2D eigenvalue weighted by Crippen LogP contribution is -2.30. The van der Waals surface area contributed by atoms with Gasteiger partial charge in [0.25, 0.3) is 0 Å².